The van der Waals surface area contributed by atoms with Gasteiger partial charge in [0.05, 0.1) is 24.4 Å². The van der Waals surface area contributed by atoms with E-state index in [1.165, 1.54) is 5.56 Å². The van der Waals surface area contributed by atoms with Crippen molar-refractivity contribution in [1.29, 1.82) is 0 Å². The van der Waals surface area contributed by atoms with Gasteiger partial charge in [-0.3, -0.25) is 4.90 Å². The Hall–Kier alpha value is -2.43. The highest BCUT2D eigenvalue weighted by molar-refractivity contribution is 5.55. The first-order chi connectivity index (χ1) is 12.7. The fourth-order valence-corrected chi connectivity index (χ4v) is 3.52. The summed E-state index contributed by atoms with van der Waals surface area (Å²) >= 11 is 0. The first kappa shape index (κ1) is 17.0. The molecular weight excluding hydrogens is 324 g/mol. The van der Waals surface area contributed by atoms with E-state index in [4.69, 9.17) is 9.15 Å². The minimum absolute atomic E-state index is 0.0750. The SMILES string of the molecule is CC1CN(C(C)c2ncc(-c3ccccc3)o2)CC(c2ccccc2)O1. The smallest absolute Gasteiger partial charge is 0.211 e. The van der Waals surface area contributed by atoms with Gasteiger partial charge in [-0.15, -0.1) is 0 Å². The van der Waals surface area contributed by atoms with E-state index >= 15 is 0 Å². The van der Waals surface area contributed by atoms with E-state index in [0.29, 0.717) is 0 Å². The number of aromatic nitrogens is 1. The van der Waals surface area contributed by atoms with Crippen LogP contribution in [-0.2, 0) is 4.74 Å². The standard InChI is InChI=1S/C22H24N2O2/c1-16-14-24(15-21(25-16)19-11-7-4-8-12-19)17(2)22-23-13-20(26-22)18-9-5-3-6-10-18/h3-13,16-17,21H,14-15H2,1-2H3. The molecule has 0 bridgehead atoms. The van der Waals surface area contributed by atoms with Gasteiger partial charge in [0.15, 0.2) is 5.76 Å². The quantitative estimate of drug-likeness (QED) is 0.674. The van der Waals surface area contributed by atoms with Crippen molar-refractivity contribution in [3.8, 4) is 11.3 Å². The maximum absolute atomic E-state index is 6.17. The molecular formula is C22H24N2O2. The Balaban J connectivity index is 1.52. The fourth-order valence-electron chi connectivity index (χ4n) is 3.52. The zero-order chi connectivity index (χ0) is 17.9. The lowest BCUT2D eigenvalue weighted by atomic mass is 10.1. The molecule has 1 aliphatic heterocycles. The van der Waals surface area contributed by atoms with E-state index in [-0.39, 0.29) is 18.2 Å². The van der Waals surface area contributed by atoms with Crippen LogP contribution in [0.3, 0.4) is 0 Å². The Morgan fingerprint density at radius 1 is 1.00 bits per heavy atom. The minimum atomic E-state index is 0.0750. The Morgan fingerprint density at radius 3 is 2.42 bits per heavy atom. The molecule has 1 fully saturated rings. The summed E-state index contributed by atoms with van der Waals surface area (Å²) < 4.78 is 12.2. The van der Waals surface area contributed by atoms with Crippen molar-refractivity contribution in [1.82, 2.24) is 9.88 Å². The van der Waals surface area contributed by atoms with Crippen molar-refractivity contribution in [2.75, 3.05) is 13.1 Å². The summed E-state index contributed by atoms with van der Waals surface area (Å²) in [5.41, 5.74) is 2.27. The van der Waals surface area contributed by atoms with Crippen LogP contribution in [0.25, 0.3) is 11.3 Å². The summed E-state index contributed by atoms with van der Waals surface area (Å²) in [6.07, 6.45) is 2.06. The van der Waals surface area contributed by atoms with Gasteiger partial charge in [0, 0.05) is 18.7 Å². The van der Waals surface area contributed by atoms with Crippen molar-refractivity contribution in [3.05, 3.63) is 78.3 Å². The third-order valence-electron chi connectivity index (χ3n) is 4.95. The van der Waals surface area contributed by atoms with Gasteiger partial charge in [0.2, 0.25) is 5.89 Å². The summed E-state index contributed by atoms with van der Waals surface area (Å²) in [6.45, 7) is 5.98. The van der Waals surface area contributed by atoms with Gasteiger partial charge in [0.1, 0.15) is 0 Å². The lowest BCUT2D eigenvalue weighted by molar-refractivity contribution is -0.0917. The molecule has 4 heteroatoms. The van der Waals surface area contributed by atoms with Crippen molar-refractivity contribution >= 4 is 0 Å². The van der Waals surface area contributed by atoms with Crippen LogP contribution in [0.5, 0.6) is 0 Å². The lowest BCUT2D eigenvalue weighted by Gasteiger charge is -2.39. The normalized spacial score (nSPS) is 22.2. The molecule has 134 valence electrons. The van der Waals surface area contributed by atoms with Gasteiger partial charge >= 0.3 is 0 Å². The Kier molecular flexibility index (Phi) is 4.87. The first-order valence-corrected chi connectivity index (χ1v) is 9.16. The monoisotopic (exact) mass is 348 g/mol. The highest BCUT2D eigenvalue weighted by Gasteiger charge is 2.31. The molecule has 0 amide bonds. The van der Waals surface area contributed by atoms with Crippen molar-refractivity contribution in [3.63, 3.8) is 0 Å². The number of hydrogen-bond acceptors (Lipinski definition) is 4. The summed E-state index contributed by atoms with van der Waals surface area (Å²) in [5.74, 6) is 1.57. The summed E-state index contributed by atoms with van der Waals surface area (Å²) in [5, 5.41) is 0. The average molecular weight is 348 g/mol. The molecule has 3 unspecified atom stereocenters. The van der Waals surface area contributed by atoms with Gasteiger partial charge in [-0.1, -0.05) is 60.7 Å². The Labute approximate surface area is 154 Å². The molecule has 0 N–H and O–H groups in total. The second-order valence-corrected chi connectivity index (χ2v) is 6.90. The lowest BCUT2D eigenvalue weighted by Crippen LogP contribution is -2.44. The predicted molar refractivity (Wildman–Crippen MR) is 102 cm³/mol. The molecule has 4 rings (SSSR count). The van der Waals surface area contributed by atoms with Crippen molar-refractivity contribution < 1.29 is 9.15 Å². The molecule has 1 aliphatic rings. The van der Waals surface area contributed by atoms with Crippen LogP contribution in [0.1, 0.15) is 37.4 Å². The third-order valence-corrected chi connectivity index (χ3v) is 4.95. The number of benzene rings is 2. The van der Waals surface area contributed by atoms with Crippen LogP contribution < -0.4 is 0 Å². The van der Waals surface area contributed by atoms with Gasteiger partial charge in [0.25, 0.3) is 0 Å². The molecule has 0 radical (unpaired) electrons. The van der Waals surface area contributed by atoms with Gasteiger partial charge in [-0.05, 0) is 19.4 Å². The minimum Gasteiger partial charge on any atom is -0.439 e. The van der Waals surface area contributed by atoms with Crippen LogP contribution in [0.4, 0.5) is 0 Å². The molecule has 3 atom stereocenters. The van der Waals surface area contributed by atoms with E-state index in [0.717, 1.165) is 30.3 Å². The van der Waals surface area contributed by atoms with Gasteiger partial charge in [-0.2, -0.15) is 0 Å². The fraction of sp³-hybridized carbons (Fsp3) is 0.318. The molecule has 3 aromatic rings. The van der Waals surface area contributed by atoms with E-state index in [2.05, 4.69) is 48.0 Å². The number of oxazole rings is 1. The van der Waals surface area contributed by atoms with Crippen molar-refractivity contribution in [2.45, 2.75) is 32.1 Å². The highest BCUT2D eigenvalue weighted by Crippen LogP contribution is 2.32. The van der Waals surface area contributed by atoms with Crippen LogP contribution in [-0.4, -0.2) is 29.1 Å². The number of morpholine rings is 1. The summed E-state index contributed by atoms with van der Waals surface area (Å²) in [7, 11) is 0. The van der Waals surface area contributed by atoms with E-state index in [1.54, 1.807) is 0 Å². The zero-order valence-electron chi connectivity index (χ0n) is 15.2. The molecule has 26 heavy (non-hydrogen) atoms. The second kappa shape index (κ2) is 7.44. The molecule has 0 saturated carbocycles. The van der Waals surface area contributed by atoms with Crippen LogP contribution >= 0.6 is 0 Å². The van der Waals surface area contributed by atoms with Crippen LogP contribution in [0.2, 0.25) is 0 Å². The molecule has 2 aromatic carbocycles. The highest BCUT2D eigenvalue weighted by atomic mass is 16.5. The molecule has 1 saturated heterocycles. The maximum atomic E-state index is 6.17. The number of hydrogen-bond donors (Lipinski definition) is 0. The Bertz CT molecular complexity index is 832. The second-order valence-electron chi connectivity index (χ2n) is 6.90. The molecule has 1 aromatic heterocycles. The van der Waals surface area contributed by atoms with Crippen LogP contribution in [0.15, 0.2) is 71.3 Å². The average Bonchev–Trinajstić information content (AvgIpc) is 3.18. The first-order valence-electron chi connectivity index (χ1n) is 9.16. The third kappa shape index (κ3) is 3.57. The van der Waals surface area contributed by atoms with Gasteiger partial charge < -0.3 is 9.15 Å². The van der Waals surface area contributed by atoms with Crippen LogP contribution in [0, 0.1) is 0 Å². The molecule has 4 nitrogen and oxygen atoms in total. The van der Waals surface area contributed by atoms with E-state index in [1.807, 2.05) is 42.6 Å². The number of nitrogens with zero attached hydrogens (tertiary/aromatic N) is 2. The summed E-state index contributed by atoms with van der Waals surface area (Å²) in [6, 6.07) is 20.6. The molecule has 0 aliphatic carbocycles. The number of ether oxygens (including phenoxy) is 1. The van der Waals surface area contributed by atoms with E-state index in [9.17, 15) is 0 Å². The predicted octanol–water partition coefficient (Wildman–Crippen LogP) is 4.86. The molecule has 2 heterocycles. The van der Waals surface area contributed by atoms with E-state index < -0.39 is 0 Å². The zero-order valence-corrected chi connectivity index (χ0v) is 15.2. The summed E-state index contributed by atoms with van der Waals surface area (Å²) in [4.78, 5) is 6.94. The topological polar surface area (TPSA) is 38.5 Å². The molecule has 0 spiro atoms. The number of rotatable bonds is 4. The largest absolute Gasteiger partial charge is 0.439 e. The Morgan fingerprint density at radius 2 is 1.69 bits per heavy atom. The van der Waals surface area contributed by atoms with Gasteiger partial charge in [-0.25, -0.2) is 4.98 Å². The van der Waals surface area contributed by atoms with Crippen molar-refractivity contribution in [2.24, 2.45) is 0 Å². The maximum Gasteiger partial charge on any atom is 0.211 e.